The van der Waals surface area contributed by atoms with E-state index in [1.165, 1.54) is 0 Å². The molecule has 0 aliphatic heterocycles. The number of fused-ring (bicyclic) bond motifs is 1. The Morgan fingerprint density at radius 3 is 2.43 bits per heavy atom. The van der Waals surface area contributed by atoms with E-state index in [1.807, 2.05) is 36.4 Å². The lowest BCUT2D eigenvalue weighted by molar-refractivity contribution is 0.144. The third-order valence-corrected chi connectivity index (χ3v) is 5.01. The first-order chi connectivity index (χ1) is 14.5. The van der Waals surface area contributed by atoms with Gasteiger partial charge in [0.25, 0.3) is 0 Å². The lowest BCUT2D eigenvalue weighted by Gasteiger charge is -2.12. The van der Waals surface area contributed by atoms with Gasteiger partial charge in [-0.3, -0.25) is 0 Å². The highest BCUT2D eigenvalue weighted by Crippen LogP contribution is 2.30. The zero-order valence-corrected chi connectivity index (χ0v) is 17.1. The van der Waals surface area contributed by atoms with Gasteiger partial charge < -0.3 is 14.4 Å². The van der Waals surface area contributed by atoms with Crippen LogP contribution in [-0.2, 0) is 13.0 Å². The number of aromatic nitrogens is 2. The molecule has 0 radical (unpaired) electrons. The summed E-state index contributed by atoms with van der Waals surface area (Å²) in [4.78, 5) is 15.8. The summed E-state index contributed by atoms with van der Waals surface area (Å²) in [5, 5.41) is 8.97. The quantitative estimate of drug-likeness (QED) is 0.318. The van der Waals surface area contributed by atoms with Gasteiger partial charge in [0, 0.05) is 18.5 Å². The highest BCUT2D eigenvalue weighted by atomic mass is 16.7. The molecule has 0 unspecified atom stereocenters. The van der Waals surface area contributed by atoms with Crippen molar-refractivity contribution < 1.29 is 14.6 Å². The highest BCUT2D eigenvalue weighted by molar-refractivity contribution is 5.76. The number of hydrogen-bond acceptors (Lipinski definition) is 3. The molecule has 4 aromatic rings. The van der Waals surface area contributed by atoms with Gasteiger partial charge in [-0.2, -0.15) is 0 Å². The van der Waals surface area contributed by atoms with Crippen LogP contribution < -0.4 is 4.74 Å². The molecule has 0 bridgehead atoms. The molecule has 1 aromatic heterocycles. The molecule has 5 heteroatoms. The molecule has 0 saturated carbocycles. The van der Waals surface area contributed by atoms with Gasteiger partial charge in [0.2, 0.25) is 0 Å². The van der Waals surface area contributed by atoms with Crippen LogP contribution in [0, 0.1) is 5.92 Å². The zero-order valence-electron chi connectivity index (χ0n) is 17.1. The van der Waals surface area contributed by atoms with Gasteiger partial charge in [-0.1, -0.05) is 68.4 Å². The highest BCUT2D eigenvalue weighted by Gasteiger charge is 2.13. The van der Waals surface area contributed by atoms with Crippen molar-refractivity contribution in [2.24, 2.45) is 5.92 Å². The maximum Gasteiger partial charge on any atom is 0.511 e. The third kappa shape index (κ3) is 4.20. The second-order valence-corrected chi connectivity index (χ2v) is 7.76. The lowest BCUT2D eigenvalue weighted by Crippen LogP contribution is -2.08. The van der Waals surface area contributed by atoms with E-state index in [0.717, 1.165) is 46.5 Å². The van der Waals surface area contributed by atoms with Crippen LogP contribution in [-0.4, -0.2) is 20.8 Å². The normalized spacial score (nSPS) is 11.2. The zero-order chi connectivity index (χ0) is 21.1. The minimum absolute atomic E-state index is 0.331. The Balaban J connectivity index is 1.65. The largest absolute Gasteiger partial charge is 0.511 e. The minimum atomic E-state index is -1.32. The summed E-state index contributed by atoms with van der Waals surface area (Å²) >= 11 is 0. The first kappa shape index (κ1) is 19.7. The molecule has 4 rings (SSSR count). The maximum absolute atomic E-state index is 11.0. The lowest BCUT2D eigenvalue weighted by atomic mass is 10.0. The van der Waals surface area contributed by atoms with Crippen molar-refractivity contribution in [3.8, 4) is 16.9 Å². The second kappa shape index (κ2) is 8.41. The van der Waals surface area contributed by atoms with Crippen LogP contribution >= 0.6 is 0 Å². The van der Waals surface area contributed by atoms with Gasteiger partial charge in [-0.05, 0) is 35.2 Å². The Hall–Kier alpha value is -3.60. The van der Waals surface area contributed by atoms with Crippen LogP contribution in [0.5, 0.6) is 5.75 Å². The van der Waals surface area contributed by atoms with Crippen LogP contribution in [0.1, 0.15) is 25.2 Å². The van der Waals surface area contributed by atoms with Crippen LogP contribution in [0.15, 0.2) is 72.8 Å². The maximum atomic E-state index is 11.0. The number of imidazole rings is 1. The van der Waals surface area contributed by atoms with Crippen LogP contribution in [0.4, 0.5) is 4.79 Å². The summed E-state index contributed by atoms with van der Waals surface area (Å²) in [5.41, 5.74) is 4.97. The molecule has 0 aliphatic rings. The van der Waals surface area contributed by atoms with E-state index in [-0.39, 0.29) is 0 Å². The Morgan fingerprint density at radius 2 is 1.70 bits per heavy atom. The van der Waals surface area contributed by atoms with Gasteiger partial charge in [0.15, 0.2) is 0 Å². The monoisotopic (exact) mass is 400 g/mol. The van der Waals surface area contributed by atoms with E-state index >= 15 is 0 Å². The van der Waals surface area contributed by atoms with Crippen molar-refractivity contribution in [3.05, 3.63) is 84.2 Å². The number of rotatable bonds is 6. The molecule has 3 aromatic carbocycles. The molecular weight excluding hydrogens is 376 g/mol. The SMILES string of the molecule is CC(C)Cc1nc2ccccc2n1Cc1ccc(-c2ccccc2OC(=O)O)cc1. The number of hydrogen-bond donors (Lipinski definition) is 1. The average molecular weight is 400 g/mol. The van der Waals surface area contributed by atoms with Gasteiger partial charge in [0.05, 0.1) is 11.0 Å². The summed E-state index contributed by atoms with van der Waals surface area (Å²) in [6.07, 6.45) is -0.393. The standard InChI is InChI=1S/C25H24N2O3/c1-17(2)15-24-26-21-8-4-5-9-22(21)27(24)16-18-11-13-19(14-12-18)20-7-3-6-10-23(20)30-25(28)29/h3-14,17H,15-16H2,1-2H3,(H,28,29). The van der Waals surface area contributed by atoms with E-state index in [2.05, 4.69) is 42.7 Å². The predicted molar refractivity (Wildman–Crippen MR) is 118 cm³/mol. The molecule has 1 heterocycles. The molecule has 0 atom stereocenters. The van der Waals surface area contributed by atoms with Crippen molar-refractivity contribution in [1.29, 1.82) is 0 Å². The summed E-state index contributed by atoms with van der Waals surface area (Å²) in [7, 11) is 0. The van der Waals surface area contributed by atoms with E-state index in [1.54, 1.807) is 12.1 Å². The molecule has 0 saturated heterocycles. The van der Waals surface area contributed by atoms with Crippen molar-refractivity contribution in [1.82, 2.24) is 9.55 Å². The number of carboxylic acid groups (broad SMARTS) is 1. The van der Waals surface area contributed by atoms with Crippen molar-refractivity contribution >= 4 is 17.2 Å². The molecule has 152 valence electrons. The van der Waals surface area contributed by atoms with E-state index < -0.39 is 6.16 Å². The Bertz CT molecular complexity index is 1180. The molecule has 5 nitrogen and oxygen atoms in total. The molecule has 0 fully saturated rings. The molecule has 30 heavy (non-hydrogen) atoms. The van der Waals surface area contributed by atoms with Crippen molar-refractivity contribution in [2.75, 3.05) is 0 Å². The van der Waals surface area contributed by atoms with Crippen molar-refractivity contribution in [2.45, 2.75) is 26.8 Å². The fourth-order valence-electron chi connectivity index (χ4n) is 3.68. The van der Waals surface area contributed by atoms with E-state index in [0.29, 0.717) is 11.7 Å². The van der Waals surface area contributed by atoms with Crippen LogP contribution in [0.25, 0.3) is 22.2 Å². The molecule has 1 N–H and O–H groups in total. The first-order valence-corrected chi connectivity index (χ1v) is 10.0. The van der Waals surface area contributed by atoms with Crippen LogP contribution in [0.3, 0.4) is 0 Å². The van der Waals surface area contributed by atoms with Crippen molar-refractivity contribution in [3.63, 3.8) is 0 Å². The Kier molecular flexibility index (Phi) is 5.53. The topological polar surface area (TPSA) is 64.4 Å². The van der Waals surface area contributed by atoms with Gasteiger partial charge in [0.1, 0.15) is 11.6 Å². The van der Waals surface area contributed by atoms with E-state index in [9.17, 15) is 4.79 Å². The summed E-state index contributed by atoms with van der Waals surface area (Å²) in [6, 6.07) is 23.5. The van der Waals surface area contributed by atoms with Gasteiger partial charge in [-0.25, -0.2) is 9.78 Å². The summed E-state index contributed by atoms with van der Waals surface area (Å²) < 4.78 is 7.20. The number of para-hydroxylation sites is 3. The fourth-order valence-corrected chi connectivity index (χ4v) is 3.68. The minimum Gasteiger partial charge on any atom is -0.449 e. The molecule has 0 amide bonds. The Morgan fingerprint density at radius 1 is 1.00 bits per heavy atom. The Labute approximate surface area is 175 Å². The smallest absolute Gasteiger partial charge is 0.449 e. The summed E-state index contributed by atoms with van der Waals surface area (Å²) in [6.45, 7) is 5.14. The van der Waals surface area contributed by atoms with E-state index in [4.69, 9.17) is 14.8 Å². The third-order valence-electron chi connectivity index (χ3n) is 5.01. The summed E-state index contributed by atoms with van der Waals surface area (Å²) in [5.74, 6) is 1.95. The number of carbonyl (C=O) groups is 1. The number of ether oxygens (including phenoxy) is 1. The van der Waals surface area contributed by atoms with Crippen LogP contribution in [0.2, 0.25) is 0 Å². The number of nitrogens with zero attached hydrogens (tertiary/aromatic N) is 2. The number of benzene rings is 3. The van der Waals surface area contributed by atoms with Gasteiger partial charge in [-0.15, -0.1) is 0 Å². The molecular formula is C25H24N2O3. The molecule has 0 spiro atoms. The first-order valence-electron chi connectivity index (χ1n) is 10.0. The predicted octanol–water partition coefficient (Wildman–Crippen LogP) is 6.01. The van der Waals surface area contributed by atoms with Gasteiger partial charge >= 0.3 is 6.16 Å². The average Bonchev–Trinajstić information content (AvgIpc) is 3.05. The second-order valence-electron chi connectivity index (χ2n) is 7.76. The fraction of sp³-hybridized carbons (Fsp3) is 0.200. The molecule has 0 aliphatic carbocycles.